The fraction of sp³-hybridized carbons (Fsp3) is 0.846. The van der Waals surface area contributed by atoms with Gasteiger partial charge in [0.05, 0.1) is 0 Å². The molecule has 0 atom stereocenters. The molecule has 0 aromatic rings. The molecule has 0 aliphatic carbocycles. The van der Waals surface area contributed by atoms with Crippen LogP contribution in [0.3, 0.4) is 0 Å². The summed E-state index contributed by atoms with van der Waals surface area (Å²) >= 11 is 0. The number of allylic oxidation sites excluding steroid dienone is 2. The zero-order valence-electron chi connectivity index (χ0n) is 12.7. The van der Waals surface area contributed by atoms with Gasteiger partial charge in [-0.15, -0.1) is 0 Å². The molecule has 0 amide bonds. The van der Waals surface area contributed by atoms with Crippen molar-refractivity contribution in [1.29, 1.82) is 0 Å². The minimum atomic E-state index is -3.93. The van der Waals surface area contributed by atoms with Crippen LogP contribution >= 0.6 is 7.74 Å². The first-order valence-corrected chi connectivity index (χ1v) is 8.88. The maximum atomic E-state index is 5.88. The molecular weight excluding hydrogens is 267 g/mol. The summed E-state index contributed by atoms with van der Waals surface area (Å²) < 4.78 is 29.4. The molecule has 0 radical (unpaired) electrons. The van der Waals surface area contributed by atoms with Crippen molar-refractivity contribution in [2.24, 2.45) is 0 Å². The monoisotopic (exact) mass is 294 g/mol. The van der Waals surface area contributed by atoms with Crippen molar-refractivity contribution in [3.05, 3.63) is 11.5 Å². The summed E-state index contributed by atoms with van der Waals surface area (Å²) in [4.78, 5) is 0. The quantitative estimate of drug-likeness (QED) is 0.577. The molecule has 6 heteroatoms. The molecule has 0 bridgehead atoms. The molecule has 0 saturated carbocycles. The molecule has 1 aliphatic heterocycles. The van der Waals surface area contributed by atoms with Crippen molar-refractivity contribution in [2.45, 2.75) is 53.9 Å². The first kappa shape index (κ1) is 16.7. The molecule has 0 unspecified atom stereocenters. The Balaban J connectivity index is 2.97. The molecule has 0 aromatic carbocycles. The summed E-state index contributed by atoms with van der Waals surface area (Å²) in [5, 5.41) is 0. The van der Waals surface area contributed by atoms with Gasteiger partial charge in [0.1, 0.15) is 0 Å². The van der Waals surface area contributed by atoms with E-state index in [1.165, 1.54) is 0 Å². The van der Waals surface area contributed by atoms with E-state index in [9.17, 15) is 0 Å². The molecule has 0 saturated heterocycles. The van der Waals surface area contributed by atoms with Gasteiger partial charge in [0.25, 0.3) is 0 Å². The molecule has 19 heavy (non-hydrogen) atoms. The fourth-order valence-electron chi connectivity index (χ4n) is 1.59. The van der Waals surface area contributed by atoms with Gasteiger partial charge in [0.15, 0.2) is 0 Å². The Labute approximate surface area is 116 Å². The van der Waals surface area contributed by atoms with Crippen LogP contribution in [0, 0.1) is 0 Å². The first-order valence-electron chi connectivity index (χ1n) is 7.06. The Kier molecular flexibility index (Phi) is 6.06. The van der Waals surface area contributed by atoms with E-state index in [2.05, 4.69) is 0 Å². The molecule has 1 aliphatic rings. The second kappa shape index (κ2) is 6.89. The predicted octanol–water partition coefficient (Wildman–Crippen LogP) is 4.69. The number of hydrogen-bond donors (Lipinski definition) is 0. The van der Waals surface area contributed by atoms with Crippen LogP contribution in [0.25, 0.3) is 0 Å². The van der Waals surface area contributed by atoms with Crippen molar-refractivity contribution in [3.8, 4) is 0 Å². The average Bonchev–Trinajstić information content (AvgIpc) is 2.66. The Morgan fingerprint density at radius 2 is 1.05 bits per heavy atom. The van der Waals surface area contributed by atoms with Gasteiger partial charge in [-0.05, 0) is 0 Å². The average molecular weight is 294 g/mol. The SMILES string of the molecule is CCCOP1(OCCC)(OCCC)OC(C)=C(C)O1. The third kappa shape index (κ3) is 3.82. The van der Waals surface area contributed by atoms with Gasteiger partial charge < -0.3 is 0 Å². The van der Waals surface area contributed by atoms with E-state index in [-0.39, 0.29) is 0 Å². The van der Waals surface area contributed by atoms with E-state index in [1.54, 1.807) is 0 Å². The van der Waals surface area contributed by atoms with E-state index in [0.29, 0.717) is 31.3 Å². The molecule has 0 spiro atoms. The summed E-state index contributed by atoms with van der Waals surface area (Å²) in [6, 6.07) is 0. The van der Waals surface area contributed by atoms with Gasteiger partial charge in [-0.25, -0.2) is 0 Å². The van der Waals surface area contributed by atoms with E-state index in [1.807, 2.05) is 34.6 Å². The van der Waals surface area contributed by atoms with E-state index < -0.39 is 7.74 Å². The van der Waals surface area contributed by atoms with Gasteiger partial charge >= 0.3 is 116 Å². The van der Waals surface area contributed by atoms with Crippen LogP contribution in [0.15, 0.2) is 11.5 Å². The summed E-state index contributed by atoms with van der Waals surface area (Å²) in [5.41, 5.74) is 0. The molecule has 0 N–H and O–H groups in total. The van der Waals surface area contributed by atoms with E-state index in [4.69, 9.17) is 22.6 Å². The van der Waals surface area contributed by atoms with Crippen LogP contribution in [-0.4, -0.2) is 19.8 Å². The second-order valence-electron chi connectivity index (χ2n) is 4.54. The summed E-state index contributed by atoms with van der Waals surface area (Å²) in [6.07, 6.45) is 2.52. The molecular formula is C13H27O5P. The molecule has 5 nitrogen and oxygen atoms in total. The number of hydrogen-bond acceptors (Lipinski definition) is 5. The van der Waals surface area contributed by atoms with Crippen LogP contribution in [0.2, 0.25) is 0 Å². The third-order valence-electron chi connectivity index (χ3n) is 2.59. The molecule has 0 fully saturated rings. The normalized spacial score (nSPS) is 22.5. The van der Waals surface area contributed by atoms with Crippen LogP contribution in [0.5, 0.6) is 0 Å². The topological polar surface area (TPSA) is 46.2 Å². The second-order valence-corrected chi connectivity index (χ2v) is 7.17. The van der Waals surface area contributed by atoms with E-state index in [0.717, 1.165) is 19.3 Å². The first-order chi connectivity index (χ1) is 9.01. The van der Waals surface area contributed by atoms with Crippen LogP contribution in [0.4, 0.5) is 0 Å². The molecule has 1 heterocycles. The van der Waals surface area contributed by atoms with Gasteiger partial charge in [-0.2, -0.15) is 0 Å². The predicted molar refractivity (Wildman–Crippen MR) is 76.2 cm³/mol. The van der Waals surface area contributed by atoms with E-state index >= 15 is 0 Å². The molecule has 114 valence electrons. The summed E-state index contributed by atoms with van der Waals surface area (Å²) in [5.74, 6) is 1.34. The standard InChI is InChI=1S/C13H27O5P/c1-6-9-14-19(15-10-7-2,16-11-8-3)17-12(4)13(5)18-19/h6-11H2,1-5H3. The Morgan fingerprint density at radius 3 is 1.32 bits per heavy atom. The molecule has 1 rings (SSSR count). The van der Waals surface area contributed by atoms with Crippen molar-refractivity contribution >= 4 is 7.74 Å². The van der Waals surface area contributed by atoms with Crippen molar-refractivity contribution < 1.29 is 22.6 Å². The van der Waals surface area contributed by atoms with Crippen molar-refractivity contribution in [2.75, 3.05) is 19.8 Å². The zero-order valence-corrected chi connectivity index (χ0v) is 13.6. The van der Waals surface area contributed by atoms with Crippen LogP contribution < -0.4 is 0 Å². The number of rotatable bonds is 9. The third-order valence-corrected chi connectivity index (χ3v) is 5.54. The Morgan fingerprint density at radius 1 is 0.737 bits per heavy atom. The Bertz CT molecular complexity index is 286. The van der Waals surface area contributed by atoms with Crippen molar-refractivity contribution in [3.63, 3.8) is 0 Å². The fourth-order valence-corrected chi connectivity index (χ4v) is 4.76. The summed E-state index contributed by atoms with van der Waals surface area (Å²) in [6.45, 7) is 11.2. The van der Waals surface area contributed by atoms with Crippen molar-refractivity contribution in [1.82, 2.24) is 0 Å². The zero-order chi connectivity index (χ0) is 14.4. The van der Waals surface area contributed by atoms with Gasteiger partial charge in [0.2, 0.25) is 0 Å². The van der Waals surface area contributed by atoms with Gasteiger partial charge in [-0.1, -0.05) is 0 Å². The van der Waals surface area contributed by atoms with Crippen LogP contribution in [-0.2, 0) is 22.6 Å². The van der Waals surface area contributed by atoms with Crippen LogP contribution in [0.1, 0.15) is 53.9 Å². The van der Waals surface area contributed by atoms with Gasteiger partial charge in [0, 0.05) is 0 Å². The Hall–Kier alpha value is -0.350. The minimum absolute atomic E-state index is 0.478. The summed E-state index contributed by atoms with van der Waals surface area (Å²) in [7, 11) is -3.93. The molecule has 0 aromatic heterocycles. The van der Waals surface area contributed by atoms with Gasteiger partial charge in [-0.3, -0.25) is 0 Å². The maximum absolute atomic E-state index is 5.88.